The number of nitrogens with one attached hydrogen (secondary N) is 2. The molecule has 2 aromatic carbocycles. The Morgan fingerprint density at radius 3 is 2.56 bits per heavy atom. The molecule has 0 aliphatic heterocycles. The first-order valence-corrected chi connectivity index (χ1v) is 11.4. The molecule has 0 spiro atoms. The van der Waals surface area contributed by atoms with Crippen LogP contribution in [0.4, 0.5) is 19.3 Å². The lowest BCUT2D eigenvalue weighted by Gasteiger charge is -2.23. The summed E-state index contributed by atoms with van der Waals surface area (Å²) < 4.78 is 49.9. The summed E-state index contributed by atoms with van der Waals surface area (Å²) >= 11 is 5.72. The van der Waals surface area contributed by atoms with Crippen molar-refractivity contribution in [1.29, 1.82) is 0 Å². The van der Waals surface area contributed by atoms with Gasteiger partial charge in [0.2, 0.25) is 10.0 Å². The fourth-order valence-corrected chi connectivity index (χ4v) is 3.73. The van der Waals surface area contributed by atoms with Gasteiger partial charge in [0.25, 0.3) is 5.56 Å². The highest BCUT2D eigenvalue weighted by Gasteiger charge is 2.18. The van der Waals surface area contributed by atoms with Crippen molar-refractivity contribution in [3.63, 3.8) is 0 Å². The molecule has 0 radical (unpaired) electrons. The highest BCUT2D eigenvalue weighted by atomic mass is 35.5. The van der Waals surface area contributed by atoms with E-state index in [0.29, 0.717) is 10.9 Å². The van der Waals surface area contributed by atoms with E-state index < -0.39 is 33.4 Å². The highest BCUT2D eigenvalue weighted by molar-refractivity contribution is 7.89. The van der Waals surface area contributed by atoms with Crippen molar-refractivity contribution in [3.05, 3.63) is 75.2 Å². The van der Waals surface area contributed by atoms with Crippen molar-refractivity contribution in [2.45, 2.75) is 6.42 Å². The summed E-state index contributed by atoms with van der Waals surface area (Å²) in [5.41, 5.74) is 0.372. The normalized spacial score (nSPS) is 11.5. The number of sulfonamides is 1. The molecule has 1 heterocycles. The second kappa shape index (κ2) is 9.63. The third kappa shape index (κ3) is 6.02. The number of amides is 2. The van der Waals surface area contributed by atoms with E-state index >= 15 is 0 Å². The predicted octanol–water partition coefficient (Wildman–Crippen LogP) is 2.82. The van der Waals surface area contributed by atoms with Crippen LogP contribution in [0.3, 0.4) is 0 Å². The monoisotopic (exact) mass is 484 g/mol. The Morgan fingerprint density at radius 2 is 1.88 bits per heavy atom. The van der Waals surface area contributed by atoms with Crippen molar-refractivity contribution in [1.82, 2.24) is 9.88 Å². The molecule has 0 saturated heterocycles. The number of nitrogens with two attached hydrogens (primary N) is 1. The molecule has 0 fully saturated rings. The molecule has 3 aromatic rings. The van der Waals surface area contributed by atoms with Gasteiger partial charge in [-0.2, -0.15) is 0 Å². The molecule has 32 heavy (non-hydrogen) atoms. The van der Waals surface area contributed by atoms with Gasteiger partial charge >= 0.3 is 6.03 Å². The van der Waals surface area contributed by atoms with Crippen LogP contribution in [0, 0.1) is 11.6 Å². The zero-order valence-electron chi connectivity index (χ0n) is 16.6. The van der Waals surface area contributed by atoms with Crippen molar-refractivity contribution in [2.24, 2.45) is 5.14 Å². The molecule has 8 nitrogen and oxygen atoms in total. The fraction of sp³-hybridized carbons (Fsp3) is 0.200. The molecule has 0 unspecified atom stereocenters. The maximum Gasteiger partial charge on any atom is 0.321 e. The molecule has 0 bridgehead atoms. The summed E-state index contributed by atoms with van der Waals surface area (Å²) in [5, 5.41) is 8.05. The van der Waals surface area contributed by atoms with Crippen LogP contribution < -0.4 is 16.0 Å². The summed E-state index contributed by atoms with van der Waals surface area (Å²) in [6.07, 6.45) is 1.60. The van der Waals surface area contributed by atoms with Gasteiger partial charge in [0.15, 0.2) is 0 Å². The minimum Gasteiger partial charge on any atom is -0.328 e. The van der Waals surface area contributed by atoms with Crippen molar-refractivity contribution >= 4 is 44.1 Å². The van der Waals surface area contributed by atoms with Gasteiger partial charge in [-0.05, 0) is 53.8 Å². The Hall–Kier alpha value is -3.02. The molecule has 3 rings (SSSR count). The molecule has 0 saturated carbocycles. The van der Waals surface area contributed by atoms with E-state index in [9.17, 15) is 26.8 Å². The van der Waals surface area contributed by atoms with Crippen LogP contribution >= 0.6 is 11.6 Å². The number of halogens is 3. The second-order valence-electron chi connectivity index (χ2n) is 7.00. The third-order valence-corrected chi connectivity index (χ3v) is 5.75. The van der Waals surface area contributed by atoms with Gasteiger partial charge in [-0.25, -0.2) is 27.1 Å². The van der Waals surface area contributed by atoms with Crippen molar-refractivity contribution in [3.8, 4) is 0 Å². The topological polar surface area (TPSA) is 125 Å². The maximum atomic E-state index is 13.7. The molecule has 170 valence electrons. The van der Waals surface area contributed by atoms with Crippen LogP contribution in [-0.2, 0) is 16.4 Å². The van der Waals surface area contributed by atoms with E-state index in [-0.39, 0.29) is 41.2 Å². The lowest BCUT2D eigenvalue weighted by Crippen LogP contribution is -2.40. The SMILES string of the molecule is NS(=O)(=O)CCN(CCc1c[nH]c(=O)c2ccc(F)cc12)C(=O)Nc1ccc(F)c(Cl)c1. The van der Waals surface area contributed by atoms with Gasteiger partial charge in [-0.3, -0.25) is 4.79 Å². The minimum absolute atomic E-state index is 0.0218. The van der Waals surface area contributed by atoms with Crippen LogP contribution in [0.5, 0.6) is 0 Å². The Kier molecular flexibility index (Phi) is 7.12. The van der Waals surface area contributed by atoms with Gasteiger partial charge in [-0.1, -0.05) is 11.6 Å². The van der Waals surface area contributed by atoms with E-state index in [1.807, 2.05) is 0 Å². The zero-order valence-corrected chi connectivity index (χ0v) is 18.1. The van der Waals surface area contributed by atoms with Gasteiger partial charge in [0, 0.05) is 30.4 Å². The Morgan fingerprint density at radius 1 is 1.12 bits per heavy atom. The number of nitrogens with zero attached hydrogens (tertiary/aromatic N) is 1. The van der Waals surface area contributed by atoms with Gasteiger partial charge in [0.1, 0.15) is 11.6 Å². The third-order valence-electron chi connectivity index (χ3n) is 4.70. The molecule has 0 aliphatic rings. The average Bonchev–Trinajstić information content (AvgIpc) is 2.71. The second-order valence-corrected chi connectivity index (χ2v) is 9.14. The Balaban J connectivity index is 1.83. The molecule has 0 atom stereocenters. The summed E-state index contributed by atoms with van der Waals surface area (Å²) in [6, 6.07) is 6.66. The number of pyridine rings is 1. The number of urea groups is 1. The zero-order chi connectivity index (χ0) is 23.5. The number of H-pyrrole nitrogens is 1. The lowest BCUT2D eigenvalue weighted by molar-refractivity contribution is 0.215. The first-order valence-electron chi connectivity index (χ1n) is 9.35. The first kappa shape index (κ1) is 23.6. The molecule has 12 heteroatoms. The number of rotatable bonds is 7. The van der Waals surface area contributed by atoms with Crippen LogP contribution in [0.1, 0.15) is 5.56 Å². The number of carbonyl (C=O) groups excluding carboxylic acids is 1. The molecular weight excluding hydrogens is 466 g/mol. The van der Waals surface area contributed by atoms with E-state index in [4.69, 9.17) is 16.7 Å². The molecule has 0 aliphatic carbocycles. The minimum atomic E-state index is -3.86. The van der Waals surface area contributed by atoms with Gasteiger partial charge < -0.3 is 15.2 Å². The van der Waals surface area contributed by atoms with Crippen LogP contribution in [0.15, 0.2) is 47.4 Å². The number of benzene rings is 2. The van der Waals surface area contributed by atoms with Crippen LogP contribution in [-0.4, -0.2) is 43.2 Å². The Labute approximate surface area is 187 Å². The lowest BCUT2D eigenvalue weighted by atomic mass is 10.0. The summed E-state index contributed by atoms with van der Waals surface area (Å²) in [5.74, 6) is -1.68. The number of anilines is 1. The summed E-state index contributed by atoms with van der Waals surface area (Å²) in [4.78, 5) is 28.5. The molecular formula is C20H19ClF2N4O4S. The van der Waals surface area contributed by atoms with E-state index in [1.165, 1.54) is 41.4 Å². The quantitative estimate of drug-likeness (QED) is 0.476. The van der Waals surface area contributed by atoms with E-state index in [0.717, 1.165) is 6.07 Å². The van der Waals surface area contributed by atoms with E-state index in [1.54, 1.807) is 0 Å². The van der Waals surface area contributed by atoms with Crippen LogP contribution in [0.2, 0.25) is 5.02 Å². The Bertz CT molecular complexity index is 1330. The molecule has 2 amide bonds. The number of fused-ring (bicyclic) bond motifs is 1. The number of primary sulfonamides is 1. The van der Waals surface area contributed by atoms with Crippen molar-refractivity contribution < 1.29 is 22.0 Å². The first-order chi connectivity index (χ1) is 15.0. The number of aromatic amines is 1. The summed E-state index contributed by atoms with van der Waals surface area (Å²) in [7, 11) is -3.86. The number of carbonyl (C=O) groups is 1. The smallest absolute Gasteiger partial charge is 0.321 e. The molecule has 1 aromatic heterocycles. The highest BCUT2D eigenvalue weighted by Crippen LogP contribution is 2.20. The molecule has 4 N–H and O–H groups in total. The number of hydrogen-bond acceptors (Lipinski definition) is 4. The summed E-state index contributed by atoms with van der Waals surface area (Å²) in [6.45, 7) is -0.205. The fourth-order valence-electron chi connectivity index (χ4n) is 3.08. The maximum absolute atomic E-state index is 13.7. The van der Waals surface area contributed by atoms with Crippen LogP contribution in [0.25, 0.3) is 10.8 Å². The number of aromatic nitrogens is 1. The van der Waals surface area contributed by atoms with E-state index in [2.05, 4.69) is 10.3 Å². The van der Waals surface area contributed by atoms with Crippen molar-refractivity contribution in [2.75, 3.05) is 24.2 Å². The van der Waals surface area contributed by atoms with Gasteiger partial charge in [0.05, 0.1) is 10.8 Å². The average molecular weight is 485 g/mol. The largest absolute Gasteiger partial charge is 0.328 e. The standard InChI is InChI=1S/C20H19ClF2N4O4S/c21-17-10-14(2-4-18(17)23)26-20(29)27(7-8-32(24,30)31)6-5-12-11-25-19(28)15-3-1-13(22)9-16(12)15/h1-4,9-11H,5-8H2,(H,25,28)(H,26,29)(H2,24,30,31). The number of hydrogen-bond donors (Lipinski definition) is 3. The van der Waals surface area contributed by atoms with Gasteiger partial charge in [-0.15, -0.1) is 0 Å². The predicted molar refractivity (Wildman–Crippen MR) is 118 cm³/mol.